The van der Waals surface area contributed by atoms with E-state index in [0.29, 0.717) is 0 Å². The molecule has 2 aromatic rings. The number of nitrogens with two attached hydrogens (primary N) is 1. The Kier molecular flexibility index (Phi) is 4.18. The van der Waals surface area contributed by atoms with Crippen LogP contribution in [-0.2, 0) is 13.0 Å². The highest BCUT2D eigenvalue weighted by molar-refractivity contribution is 6.31. The summed E-state index contributed by atoms with van der Waals surface area (Å²) < 4.78 is 0. The van der Waals surface area contributed by atoms with Crippen LogP contribution in [0.4, 0.5) is 5.69 Å². The predicted molar refractivity (Wildman–Crippen MR) is 89.9 cm³/mol. The van der Waals surface area contributed by atoms with Gasteiger partial charge in [0.2, 0.25) is 0 Å². The van der Waals surface area contributed by atoms with Crippen LogP contribution in [0.25, 0.3) is 0 Å². The van der Waals surface area contributed by atoms with Gasteiger partial charge in [-0.2, -0.15) is 0 Å². The number of hydrogen-bond donors (Lipinski definition) is 1. The Bertz CT molecular complexity index is 637. The molecule has 1 aliphatic rings. The van der Waals surface area contributed by atoms with Crippen LogP contribution in [0.5, 0.6) is 0 Å². The van der Waals surface area contributed by atoms with E-state index < -0.39 is 0 Å². The molecule has 1 atom stereocenters. The zero-order valence-electron chi connectivity index (χ0n) is 12.3. The summed E-state index contributed by atoms with van der Waals surface area (Å²) in [4.78, 5) is 2.41. The summed E-state index contributed by atoms with van der Waals surface area (Å²) >= 11 is 6.38. The maximum atomic E-state index is 6.38. The highest BCUT2D eigenvalue weighted by Gasteiger charge is 2.15. The third-order valence-electron chi connectivity index (χ3n) is 4.19. The molecule has 2 N–H and O–H groups in total. The van der Waals surface area contributed by atoms with Gasteiger partial charge in [0.1, 0.15) is 0 Å². The first kappa shape index (κ1) is 14.4. The molecule has 2 aromatic carbocycles. The normalized spacial score (nSPS) is 16.2. The minimum absolute atomic E-state index is 0.0311. The minimum Gasteiger partial charge on any atom is -0.367 e. The Morgan fingerprint density at radius 1 is 1.14 bits per heavy atom. The molecule has 3 rings (SSSR count). The van der Waals surface area contributed by atoms with E-state index in [9.17, 15) is 0 Å². The van der Waals surface area contributed by atoms with E-state index in [-0.39, 0.29) is 6.04 Å². The Hall–Kier alpha value is -1.51. The Morgan fingerprint density at radius 3 is 2.62 bits per heavy atom. The van der Waals surface area contributed by atoms with Crippen LogP contribution in [-0.4, -0.2) is 6.54 Å². The number of benzene rings is 2. The molecule has 1 aliphatic heterocycles. The Morgan fingerprint density at radius 2 is 1.90 bits per heavy atom. The van der Waals surface area contributed by atoms with E-state index in [1.165, 1.54) is 23.2 Å². The molecule has 1 heterocycles. The molecule has 0 saturated carbocycles. The lowest BCUT2D eigenvalue weighted by Crippen LogP contribution is -2.22. The molecule has 0 saturated heterocycles. The molecule has 21 heavy (non-hydrogen) atoms. The van der Waals surface area contributed by atoms with Gasteiger partial charge in [-0.25, -0.2) is 0 Å². The first-order valence-electron chi connectivity index (χ1n) is 7.52. The number of halogens is 1. The van der Waals surface area contributed by atoms with Gasteiger partial charge in [0.15, 0.2) is 0 Å². The van der Waals surface area contributed by atoms with Gasteiger partial charge in [-0.1, -0.05) is 41.9 Å². The van der Waals surface area contributed by atoms with Crippen molar-refractivity contribution in [1.29, 1.82) is 0 Å². The van der Waals surface area contributed by atoms with Gasteiger partial charge >= 0.3 is 0 Å². The van der Waals surface area contributed by atoms with Gasteiger partial charge in [0.25, 0.3) is 0 Å². The summed E-state index contributed by atoms with van der Waals surface area (Å²) in [6.45, 7) is 3.97. The summed E-state index contributed by atoms with van der Waals surface area (Å²) in [6, 6.07) is 14.9. The zero-order valence-corrected chi connectivity index (χ0v) is 13.1. The molecule has 0 aromatic heterocycles. The minimum atomic E-state index is -0.0311. The maximum Gasteiger partial charge on any atom is 0.0474 e. The SMILES string of the molecule is CC(N)c1ccc(N2CCCc3ccccc3C2)cc1Cl. The number of fused-ring (bicyclic) bond motifs is 1. The summed E-state index contributed by atoms with van der Waals surface area (Å²) in [5, 5.41) is 0.764. The Balaban J connectivity index is 1.89. The van der Waals surface area contributed by atoms with Gasteiger partial charge in [-0.3, -0.25) is 0 Å². The van der Waals surface area contributed by atoms with Crippen LogP contribution in [0.1, 0.15) is 36.1 Å². The molecule has 2 nitrogen and oxygen atoms in total. The number of hydrogen-bond acceptors (Lipinski definition) is 2. The number of rotatable bonds is 2. The second kappa shape index (κ2) is 6.08. The van der Waals surface area contributed by atoms with Crippen molar-refractivity contribution in [3.05, 3.63) is 64.2 Å². The van der Waals surface area contributed by atoms with Crippen LogP contribution >= 0.6 is 11.6 Å². The molecule has 0 amide bonds. The van der Waals surface area contributed by atoms with Crippen molar-refractivity contribution in [3.8, 4) is 0 Å². The molecular formula is C18H21ClN2. The van der Waals surface area contributed by atoms with Gasteiger partial charge in [-0.15, -0.1) is 0 Å². The first-order chi connectivity index (χ1) is 10.1. The molecule has 1 unspecified atom stereocenters. The number of nitrogens with zero attached hydrogens (tertiary/aromatic N) is 1. The van der Waals surface area contributed by atoms with Crippen LogP contribution in [0.15, 0.2) is 42.5 Å². The standard InChI is InChI=1S/C18H21ClN2/c1-13(20)17-9-8-16(11-18(17)19)21-10-4-7-14-5-2-3-6-15(14)12-21/h2-3,5-6,8-9,11,13H,4,7,10,12,20H2,1H3. The van der Waals surface area contributed by atoms with Crippen LogP contribution in [0.3, 0.4) is 0 Å². The number of aryl methyl sites for hydroxylation is 1. The lowest BCUT2D eigenvalue weighted by Gasteiger charge is -2.24. The quantitative estimate of drug-likeness (QED) is 0.895. The largest absolute Gasteiger partial charge is 0.367 e. The molecular weight excluding hydrogens is 280 g/mol. The monoisotopic (exact) mass is 300 g/mol. The van der Waals surface area contributed by atoms with Crippen molar-refractivity contribution in [1.82, 2.24) is 0 Å². The fourth-order valence-electron chi connectivity index (χ4n) is 3.00. The van der Waals surface area contributed by atoms with Gasteiger partial charge in [-0.05, 0) is 48.6 Å². The number of anilines is 1. The van der Waals surface area contributed by atoms with E-state index in [2.05, 4.69) is 41.3 Å². The summed E-state index contributed by atoms with van der Waals surface area (Å²) in [6.07, 6.45) is 2.32. The van der Waals surface area contributed by atoms with Gasteiger partial charge in [0, 0.05) is 29.8 Å². The highest BCUT2D eigenvalue weighted by atomic mass is 35.5. The van der Waals surface area contributed by atoms with E-state index >= 15 is 0 Å². The fourth-order valence-corrected chi connectivity index (χ4v) is 3.35. The van der Waals surface area contributed by atoms with E-state index in [0.717, 1.165) is 30.1 Å². The van der Waals surface area contributed by atoms with Crippen molar-refractivity contribution in [3.63, 3.8) is 0 Å². The average Bonchev–Trinajstić information content (AvgIpc) is 2.68. The van der Waals surface area contributed by atoms with Crippen molar-refractivity contribution in [2.24, 2.45) is 5.73 Å². The lowest BCUT2D eigenvalue weighted by atomic mass is 10.0. The van der Waals surface area contributed by atoms with Crippen molar-refractivity contribution in [2.45, 2.75) is 32.4 Å². The smallest absolute Gasteiger partial charge is 0.0474 e. The average molecular weight is 301 g/mol. The molecule has 0 aliphatic carbocycles. The summed E-state index contributed by atoms with van der Waals surface area (Å²) in [5.41, 5.74) is 11.0. The fraction of sp³-hybridized carbons (Fsp3) is 0.333. The topological polar surface area (TPSA) is 29.3 Å². The molecule has 0 spiro atoms. The zero-order chi connectivity index (χ0) is 14.8. The molecule has 0 bridgehead atoms. The second-order valence-corrected chi connectivity index (χ2v) is 6.20. The van der Waals surface area contributed by atoms with Crippen LogP contribution in [0.2, 0.25) is 5.02 Å². The molecule has 110 valence electrons. The van der Waals surface area contributed by atoms with E-state index in [1.807, 2.05) is 13.0 Å². The summed E-state index contributed by atoms with van der Waals surface area (Å²) in [7, 11) is 0. The van der Waals surface area contributed by atoms with Crippen LogP contribution in [0, 0.1) is 0 Å². The molecule has 0 fully saturated rings. The Labute approximate surface area is 131 Å². The van der Waals surface area contributed by atoms with Gasteiger partial charge < -0.3 is 10.6 Å². The van der Waals surface area contributed by atoms with Crippen molar-refractivity contribution >= 4 is 17.3 Å². The second-order valence-electron chi connectivity index (χ2n) is 5.79. The third-order valence-corrected chi connectivity index (χ3v) is 4.52. The summed E-state index contributed by atoms with van der Waals surface area (Å²) in [5.74, 6) is 0. The predicted octanol–water partition coefficient (Wildman–Crippen LogP) is 4.31. The van der Waals surface area contributed by atoms with E-state index in [4.69, 9.17) is 17.3 Å². The molecule has 0 radical (unpaired) electrons. The van der Waals surface area contributed by atoms with Crippen LogP contribution < -0.4 is 10.6 Å². The highest BCUT2D eigenvalue weighted by Crippen LogP contribution is 2.29. The van der Waals surface area contributed by atoms with Gasteiger partial charge in [0.05, 0.1) is 0 Å². The van der Waals surface area contributed by atoms with E-state index in [1.54, 1.807) is 0 Å². The maximum absolute atomic E-state index is 6.38. The third kappa shape index (κ3) is 3.07. The van der Waals surface area contributed by atoms with Crippen molar-refractivity contribution in [2.75, 3.05) is 11.4 Å². The van der Waals surface area contributed by atoms with Crippen molar-refractivity contribution < 1.29 is 0 Å². The first-order valence-corrected chi connectivity index (χ1v) is 7.89. The molecule has 3 heteroatoms. The lowest BCUT2D eigenvalue weighted by molar-refractivity contribution is 0.764.